The fourth-order valence-electron chi connectivity index (χ4n) is 2.52. The van der Waals surface area contributed by atoms with E-state index >= 15 is 0 Å². The van der Waals surface area contributed by atoms with Crippen LogP contribution in [0, 0.1) is 0 Å². The van der Waals surface area contributed by atoms with Crippen LogP contribution in [0.3, 0.4) is 0 Å². The maximum atomic E-state index is 12.3. The first kappa shape index (κ1) is 13.0. The summed E-state index contributed by atoms with van der Waals surface area (Å²) >= 11 is 1.44. The third-order valence-electron chi connectivity index (χ3n) is 3.61. The Kier molecular flexibility index (Phi) is 2.94. The number of carbonyl (C=O) groups excluding carboxylic acids is 1. The van der Waals surface area contributed by atoms with E-state index in [4.69, 9.17) is 5.73 Å². The van der Waals surface area contributed by atoms with Crippen molar-refractivity contribution in [2.75, 3.05) is 11.1 Å². The summed E-state index contributed by atoms with van der Waals surface area (Å²) < 4.78 is 0. The fraction of sp³-hybridized carbons (Fsp3) is 0. The molecule has 4 rings (SSSR count). The van der Waals surface area contributed by atoms with Gasteiger partial charge in [-0.1, -0.05) is 30.0 Å². The smallest absolute Gasteiger partial charge is 0.262 e. The number of amides is 1. The summed E-state index contributed by atoms with van der Waals surface area (Å²) in [7, 11) is 0. The molecule has 2 aromatic carbocycles. The largest absolute Gasteiger partial charge is 0.399 e. The number of para-hydroxylation sites is 1. The summed E-state index contributed by atoms with van der Waals surface area (Å²) in [6.45, 7) is 0. The number of benzene rings is 2. The van der Waals surface area contributed by atoms with Gasteiger partial charge in [0, 0.05) is 33.2 Å². The number of fused-ring (bicyclic) bond motifs is 2. The Morgan fingerprint density at radius 2 is 2.00 bits per heavy atom. The Morgan fingerprint density at radius 3 is 2.91 bits per heavy atom. The molecule has 0 unspecified atom stereocenters. The molecule has 5 heteroatoms. The lowest BCUT2D eigenvalue weighted by molar-refractivity contribution is -0.112. The van der Waals surface area contributed by atoms with E-state index in [1.165, 1.54) is 11.8 Å². The highest BCUT2D eigenvalue weighted by Gasteiger charge is 2.21. The van der Waals surface area contributed by atoms with E-state index in [-0.39, 0.29) is 5.91 Å². The molecule has 0 spiro atoms. The van der Waals surface area contributed by atoms with Crippen molar-refractivity contribution in [3.8, 4) is 0 Å². The van der Waals surface area contributed by atoms with Gasteiger partial charge < -0.3 is 16.0 Å². The van der Waals surface area contributed by atoms with Crippen LogP contribution >= 0.6 is 11.8 Å². The summed E-state index contributed by atoms with van der Waals surface area (Å²) in [5.41, 5.74) is 9.37. The molecule has 4 N–H and O–H groups in total. The molecule has 2 heterocycles. The Labute approximate surface area is 131 Å². The fourth-order valence-corrected chi connectivity index (χ4v) is 3.52. The third-order valence-corrected chi connectivity index (χ3v) is 4.69. The lowest BCUT2D eigenvalue weighted by Gasteiger charge is -2.18. The van der Waals surface area contributed by atoms with Gasteiger partial charge in [0.2, 0.25) is 0 Å². The maximum absolute atomic E-state index is 12.3. The molecule has 1 amide bonds. The monoisotopic (exact) mass is 307 g/mol. The van der Waals surface area contributed by atoms with E-state index in [2.05, 4.69) is 10.3 Å². The molecule has 108 valence electrons. The van der Waals surface area contributed by atoms with E-state index in [9.17, 15) is 4.79 Å². The molecular formula is C17H13N3OS. The van der Waals surface area contributed by atoms with E-state index in [0.29, 0.717) is 10.6 Å². The number of nitrogens with two attached hydrogens (primary N) is 1. The number of rotatable bonds is 1. The highest BCUT2D eigenvalue weighted by molar-refractivity contribution is 8.04. The zero-order chi connectivity index (χ0) is 15.1. The van der Waals surface area contributed by atoms with Crippen LogP contribution in [0.15, 0.2) is 58.5 Å². The second-order valence-corrected chi connectivity index (χ2v) is 6.19. The molecule has 0 bridgehead atoms. The number of aromatic amines is 1. The second kappa shape index (κ2) is 4.96. The second-order valence-electron chi connectivity index (χ2n) is 5.11. The van der Waals surface area contributed by atoms with Gasteiger partial charge in [0.05, 0.1) is 10.6 Å². The standard InChI is InChI=1S/C17H13N3OS/c18-11-5-6-14-15(8-11)22-16(17(21)20-14)7-10-9-19-13-4-2-1-3-12(10)13/h1-9,19H,18H2,(H,20,21). The Bertz CT molecular complexity index is 927. The minimum atomic E-state index is -0.0902. The van der Waals surface area contributed by atoms with Crippen LogP contribution in [0.4, 0.5) is 11.4 Å². The highest BCUT2D eigenvalue weighted by Crippen LogP contribution is 2.40. The van der Waals surface area contributed by atoms with Crippen molar-refractivity contribution < 1.29 is 4.79 Å². The van der Waals surface area contributed by atoms with Gasteiger partial charge in [-0.25, -0.2) is 0 Å². The molecule has 0 radical (unpaired) electrons. The van der Waals surface area contributed by atoms with Crippen LogP contribution in [-0.2, 0) is 4.79 Å². The minimum absolute atomic E-state index is 0.0902. The quantitative estimate of drug-likeness (QED) is 0.472. The first-order valence-corrected chi connectivity index (χ1v) is 7.69. The minimum Gasteiger partial charge on any atom is -0.399 e. The van der Waals surface area contributed by atoms with Crippen molar-refractivity contribution in [3.63, 3.8) is 0 Å². The molecule has 0 saturated heterocycles. The third kappa shape index (κ3) is 2.16. The van der Waals surface area contributed by atoms with Crippen LogP contribution in [0.2, 0.25) is 0 Å². The van der Waals surface area contributed by atoms with Gasteiger partial charge in [-0.05, 0) is 30.3 Å². The predicted octanol–water partition coefficient (Wildman–Crippen LogP) is 3.84. The zero-order valence-corrected chi connectivity index (χ0v) is 12.4. The summed E-state index contributed by atoms with van der Waals surface area (Å²) in [5, 5.41) is 4.00. The topological polar surface area (TPSA) is 70.9 Å². The van der Waals surface area contributed by atoms with Gasteiger partial charge in [0.1, 0.15) is 0 Å². The van der Waals surface area contributed by atoms with Crippen LogP contribution in [0.1, 0.15) is 5.56 Å². The Balaban J connectivity index is 1.78. The highest BCUT2D eigenvalue weighted by atomic mass is 32.2. The lowest BCUT2D eigenvalue weighted by atomic mass is 10.1. The molecule has 1 aliphatic rings. The Morgan fingerprint density at radius 1 is 1.14 bits per heavy atom. The van der Waals surface area contributed by atoms with Gasteiger partial charge >= 0.3 is 0 Å². The summed E-state index contributed by atoms with van der Waals surface area (Å²) in [5.74, 6) is -0.0902. The number of nitrogens with one attached hydrogen (secondary N) is 2. The molecule has 0 aliphatic carbocycles. The van der Waals surface area contributed by atoms with Crippen molar-refractivity contribution in [2.45, 2.75) is 4.90 Å². The molecule has 1 aliphatic heterocycles. The average molecular weight is 307 g/mol. The van der Waals surface area contributed by atoms with Crippen molar-refractivity contribution >= 4 is 46.0 Å². The number of anilines is 2. The van der Waals surface area contributed by atoms with Crippen LogP contribution in [0.5, 0.6) is 0 Å². The van der Waals surface area contributed by atoms with Crippen molar-refractivity contribution in [1.82, 2.24) is 4.98 Å². The summed E-state index contributed by atoms with van der Waals surface area (Å²) in [6.07, 6.45) is 3.82. The number of hydrogen-bond acceptors (Lipinski definition) is 3. The summed E-state index contributed by atoms with van der Waals surface area (Å²) in [4.78, 5) is 17.1. The number of hydrogen-bond donors (Lipinski definition) is 3. The van der Waals surface area contributed by atoms with Crippen LogP contribution < -0.4 is 11.1 Å². The number of H-pyrrole nitrogens is 1. The predicted molar refractivity (Wildman–Crippen MR) is 91.6 cm³/mol. The molecule has 3 aromatic rings. The number of thioether (sulfide) groups is 1. The van der Waals surface area contributed by atoms with Gasteiger partial charge in [-0.3, -0.25) is 4.79 Å². The van der Waals surface area contributed by atoms with Gasteiger partial charge in [0.25, 0.3) is 5.91 Å². The van der Waals surface area contributed by atoms with Gasteiger partial charge in [-0.15, -0.1) is 0 Å². The average Bonchev–Trinajstić information content (AvgIpc) is 2.92. The van der Waals surface area contributed by atoms with Gasteiger partial charge in [0.15, 0.2) is 0 Å². The number of carbonyl (C=O) groups is 1. The van der Waals surface area contributed by atoms with Crippen LogP contribution in [0.25, 0.3) is 17.0 Å². The van der Waals surface area contributed by atoms with Crippen molar-refractivity contribution in [1.29, 1.82) is 0 Å². The lowest BCUT2D eigenvalue weighted by Crippen LogP contribution is -2.17. The summed E-state index contributed by atoms with van der Waals surface area (Å²) in [6, 6.07) is 13.5. The van der Waals surface area contributed by atoms with E-state index < -0.39 is 0 Å². The van der Waals surface area contributed by atoms with Gasteiger partial charge in [-0.2, -0.15) is 0 Å². The molecule has 1 aromatic heterocycles. The normalized spacial score (nSPS) is 15.8. The molecule has 0 saturated carbocycles. The van der Waals surface area contributed by atoms with Crippen molar-refractivity contribution in [3.05, 3.63) is 59.1 Å². The van der Waals surface area contributed by atoms with E-state index in [1.807, 2.05) is 48.7 Å². The molecule has 4 nitrogen and oxygen atoms in total. The zero-order valence-electron chi connectivity index (χ0n) is 11.6. The first-order valence-electron chi connectivity index (χ1n) is 6.87. The van der Waals surface area contributed by atoms with E-state index in [0.717, 1.165) is 27.0 Å². The first-order chi connectivity index (χ1) is 10.7. The maximum Gasteiger partial charge on any atom is 0.262 e. The van der Waals surface area contributed by atoms with Crippen LogP contribution in [-0.4, -0.2) is 10.9 Å². The number of aromatic nitrogens is 1. The molecule has 0 atom stereocenters. The number of nitrogen functional groups attached to an aromatic ring is 1. The molecular weight excluding hydrogens is 294 g/mol. The molecule has 22 heavy (non-hydrogen) atoms. The van der Waals surface area contributed by atoms with Crippen molar-refractivity contribution in [2.24, 2.45) is 0 Å². The SMILES string of the molecule is Nc1ccc2c(c1)SC(=Cc1c[nH]c3ccccc13)C(=O)N2. The van der Waals surface area contributed by atoms with E-state index in [1.54, 1.807) is 6.07 Å². The Hall–Kier alpha value is -2.66. The molecule has 0 fully saturated rings.